The average Bonchev–Trinajstić information content (AvgIpc) is 3.27. The number of H-pyrrole nitrogens is 1. The summed E-state index contributed by atoms with van der Waals surface area (Å²) < 4.78 is 24.7. The smallest absolute Gasteiger partial charge is 0.292 e. The molecule has 1 aromatic carbocycles. The van der Waals surface area contributed by atoms with Gasteiger partial charge in [-0.2, -0.15) is 5.10 Å². The molecule has 0 spiro atoms. The summed E-state index contributed by atoms with van der Waals surface area (Å²) in [5, 5.41) is 10.3. The van der Waals surface area contributed by atoms with Crippen LogP contribution < -0.4 is 5.32 Å². The standard InChI is InChI=1S/C18H18FN3O3/c1-10-4-5-13(19)17-12(10)7-15(25-17)18(23)20-16-8-14(21-22-16)11-3-2-6-24-9-11/h4-5,7-8,11H,2-3,6,9H2,1H3,(H2,20,21,22,23). The van der Waals surface area contributed by atoms with Crippen molar-refractivity contribution in [2.45, 2.75) is 25.7 Å². The molecule has 4 rings (SSSR count). The molecule has 0 aliphatic carbocycles. The average molecular weight is 343 g/mol. The molecule has 1 aliphatic rings. The number of hydrogen-bond donors (Lipinski definition) is 2. The van der Waals surface area contributed by atoms with Gasteiger partial charge < -0.3 is 14.5 Å². The fourth-order valence-corrected chi connectivity index (χ4v) is 3.11. The first kappa shape index (κ1) is 15.8. The van der Waals surface area contributed by atoms with Crippen LogP contribution in [-0.4, -0.2) is 29.3 Å². The molecule has 1 saturated heterocycles. The quantitative estimate of drug-likeness (QED) is 0.759. The van der Waals surface area contributed by atoms with Crippen molar-refractivity contribution in [3.05, 3.63) is 47.1 Å². The second-order valence-corrected chi connectivity index (χ2v) is 6.29. The SMILES string of the molecule is Cc1ccc(F)c2oc(C(=O)Nc3cc(C4CCCOC4)[nH]n3)cc12. The fourth-order valence-electron chi connectivity index (χ4n) is 3.11. The molecule has 0 radical (unpaired) electrons. The minimum atomic E-state index is -0.487. The molecule has 1 fully saturated rings. The molecular formula is C18H18FN3O3. The number of benzene rings is 1. The van der Waals surface area contributed by atoms with Crippen molar-refractivity contribution in [1.29, 1.82) is 0 Å². The van der Waals surface area contributed by atoms with Crippen LogP contribution in [0, 0.1) is 12.7 Å². The summed E-state index contributed by atoms with van der Waals surface area (Å²) in [6.45, 7) is 3.28. The Hall–Kier alpha value is -2.67. The summed E-state index contributed by atoms with van der Waals surface area (Å²) in [4.78, 5) is 12.4. The number of amides is 1. The van der Waals surface area contributed by atoms with E-state index in [0.717, 1.165) is 30.7 Å². The van der Waals surface area contributed by atoms with E-state index >= 15 is 0 Å². The van der Waals surface area contributed by atoms with Crippen LogP contribution in [0.25, 0.3) is 11.0 Å². The number of rotatable bonds is 3. The Morgan fingerprint density at radius 1 is 1.40 bits per heavy atom. The van der Waals surface area contributed by atoms with Crippen LogP contribution in [-0.2, 0) is 4.74 Å². The molecule has 7 heteroatoms. The lowest BCUT2D eigenvalue weighted by Gasteiger charge is -2.20. The minimum Gasteiger partial charge on any atom is -0.448 e. The number of aromatic nitrogens is 2. The van der Waals surface area contributed by atoms with Gasteiger partial charge in [-0.3, -0.25) is 9.89 Å². The second-order valence-electron chi connectivity index (χ2n) is 6.29. The van der Waals surface area contributed by atoms with Crippen LogP contribution in [0.3, 0.4) is 0 Å². The Kier molecular flexibility index (Phi) is 4.01. The maximum Gasteiger partial charge on any atom is 0.292 e. The molecule has 25 heavy (non-hydrogen) atoms. The number of nitrogens with one attached hydrogen (secondary N) is 2. The van der Waals surface area contributed by atoms with E-state index < -0.39 is 11.7 Å². The van der Waals surface area contributed by atoms with Gasteiger partial charge in [-0.1, -0.05) is 6.07 Å². The number of fused-ring (bicyclic) bond motifs is 1. The van der Waals surface area contributed by atoms with Gasteiger partial charge in [-0.05, 0) is 37.5 Å². The first-order valence-corrected chi connectivity index (χ1v) is 8.25. The Bertz CT molecular complexity index is 886. The summed E-state index contributed by atoms with van der Waals surface area (Å²) in [7, 11) is 0. The van der Waals surface area contributed by atoms with E-state index in [2.05, 4.69) is 15.5 Å². The van der Waals surface area contributed by atoms with Crippen LogP contribution in [0.15, 0.2) is 28.7 Å². The summed E-state index contributed by atoms with van der Waals surface area (Å²) in [5.41, 5.74) is 1.87. The molecule has 1 atom stereocenters. The lowest BCUT2D eigenvalue weighted by Crippen LogP contribution is -2.15. The van der Waals surface area contributed by atoms with Gasteiger partial charge in [0.2, 0.25) is 0 Å². The van der Waals surface area contributed by atoms with Gasteiger partial charge in [-0.25, -0.2) is 4.39 Å². The van der Waals surface area contributed by atoms with Gasteiger partial charge in [0.1, 0.15) is 0 Å². The van der Waals surface area contributed by atoms with Gasteiger partial charge in [0.15, 0.2) is 23.0 Å². The predicted molar refractivity (Wildman–Crippen MR) is 90.2 cm³/mol. The minimum absolute atomic E-state index is 0.0498. The maximum absolute atomic E-state index is 13.8. The highest BCUT2D eigenvalue weighted by atomic mass is 19.1. The molecule has 2 N–H and O–H groups in total. The van der Waals surface area contributed by atoms with Gasteiger partial charge in [-0.15, -0.1) is 0 Å². The van der Waals surface area contributed by atoms with E-state index in [1.165, 1.54) is 6.07 Å². The van der Waals surface area contributed by atoms with Crippen molar-refractivity contribution in [3.63, 3.8) is 0 Å². The normalized spacial score (nSPS) is 17.8. The fraction of sp³-hybridized carbons (Fsp3) is 0.333. The third-order valence-corrected chi connectivity index (χ3v) is 4.52. The number of aromatic amines is 1. The predicted octanol–water partition coefficient (Wildman–Crippen LogP) is 3.75. The Balaban J connectivity index is 1.53. The highest BCUT2D eigenvalue weighted by molar-refractivity contribution is 6.04. The highest BCUT2D eigenvalue weighted by Crippen LogP contribution is 2.27. The van der Waals surface area contributed by atoms with Crippen LogP contribution in [0.5, 0.6) is 0 Å². The van der Waals surface area contributed by atoms with Gasteiger partial charge in [0.05, 0.1) is 6.61 Å². The number of aryl methyl sites for hydroxylation is 1. The summed E-state index contributed by atoms with van der Waals surface area (Å²) in [6.07, 6.45) is 2.03. The highest BCUT2D eigenvalue weighted by Gasteiger charge is 2.20. The Labute approximate surface area is 143 Å². The monoisotopic (exact) mass is 343 g/mol. The molecule has 0 saturated carbocycles. The first-order valence-electron chi connectivity index (χ1n) is 8.25. The third-order valence-electron chi connectivity index (χ3n) is 4.52. The lowest BCUT2D eigenvalue weighted by molar-refractivity contribution is 0.0793. The first-order chi connectivity index (χ1) is 12.1. The Morgan fingerprint density at radius 3 is 3.04 bits per heavy atom. The van der Waals surface area contributed by atoms with Gasteiger partial charge in [0, 0.05) is 29.7 Å². The van der Waals surface area contributed by atoms with Crippen molar-refractivity contribution in [2.24, 2.45) is 0 Å². The van der Waals surface area contributed by atoms with Crippen molar-refractivity contribution in [2.75, 3.05) is 18.5 Å². The van der Waals surface area contributed by atoms with Gasteiger partial charge in [0.25, 0.3) is 5.91 Å². The Morgan fingerprint density at radius 2 is 2.28 bits per heavy atom. The van der Waals surface area contributed by atoms with E-state index in [4.69, 9.17) is 9.15 Å². The number of halogens is 1. The van der Waals surface area contributed by atoms with Crippen molar-refractivity contribution < 1.29 is 18.3 Å². The van der Waals surface area contributed by atoms with Crippen molar-refractivity contribution >= 4 is 22.7 Å². The molecule has 0 bridgehead atoms. The zero-order chi connectivity index (χ0) is 17.4. The third kappa shape index (κ3) is 3.02. The van der Waals surface area contributed by atoms with E-state index in [9.17, 15) is 9.18 Å². The molecule has 1 amide bonds. The van der Waals surface area contributed by atoms with Crippen LogP contribution in [0.4, 0.5) is 10.2 Å². The zero-order valence-electron chi connectivity index (χ0n) is 13.8. The molecule has 2 aromatic heterocycles. The number of carbonyl (C=O) groups is 1. The van der Waals surface area contributed by atoms with Crippen LogP contribution >= 0.6 is 0 Å². The number of ether oxygens (including phenoxy) is 1. The number of hydrogen-bond acceptors (Lipinski definition) is 4. The number of furan rings is 1. The molecule has 3 heterocycles. The van der Waals surface area contributed by atoms with E-state index in [1.807, 2.05) is 6.92 Å². The summed E-state index contributed by atoms with van der Waals surface area (Å²) in [6, 6.07) is 6.33. The second kappa shape index (κ2) is 6.33. The molecule has 1 unspecified atom stereocenters. The molecule has 6 nitrogen and oxygen atoms in total. The van der Waals surface area contributed by atoms with Crippen molar-refractivity contribution in [3.8, 4) is 0 Å². The molecular weight excluding hydrogens is 325 g/mol. The molecule has 3 aromatic rings. The summed E-state index contributed by atoms with van der Waals surface area (Å²) in [5.74, 6) is -0.237. The van der Waals surface area contributed by atoms with Crippen LogP contribution in [0.2, 0.25) is 0 Å². The van der Waals surface area contributed by atoms with E-state index in [-0.39, 0.29) is 17.3 Å². The van der Waals surface area contributed by atoms with Gasteiger partial charge >= 0.3 is 0 Å². The number of nitrogens with zero attached hydrogens (tertiary/aromatic N) is 1. The summed E-state index contributed by atoms with van der Waals surface area (Å²) >= 11 is 0. The van der Waals surface area contributed by atoms with Crippen molar-refractivity contribution in [1.82, 2.24) is 10.2 Å². The molecule has 1 aliphatic heterocycles. The zero-order valence-corrected chi connectivity index (χ0v) is 13.8. The van der Waals surface area contributed by atoms with E-state index in [1.54, 1.807) is 18.2 Å². The topological polar surface area (TPSA) is 80.1 Å². The maximum atomic E-state index is 13.8. The number of carbonyl (C=O) groups excluding carboxylic acids is 1. The lowest BCUT2D eigenvalue weighted by atomic mass is 9.99. The van der Waals surface area contributed by atoms with Crippen LogP contribution in [0.1, 0.15) is 40.6 Å². The van der Waals surface area contributed by atoms with E-state index in [0.29, 0.717) is 17.8 Å². The largest absolute Gasteiger partial charge is 0.448 e. The molecule has 130 valence electrons. The number of anilines is 1.